The molecular weight excluding hydrogens is 278 g/mol. The van der Waals surface area contributed by atoms with E-state index in [0.29, 0.717) is 0 Å². The fourth-order valence-corrected chi connectivity index (χ4v) is 6.02. The highest BCUT2D eigenvalue weighted by Crippen LogP contribution is 2.46. The zero-order valence-electron chi connectivity index (χ0n) is 13.8. The molecule has 0 spiro atoms. The smallest absolute Gasteiger partial charge is 0.106 e. The molecule has 3 saturated carbocycles. The van der Waals surface area contributed by atoms with E-state index in [9.17, 15) is 4.39 Å². The van der Waals surface area contributed by atoms with Gasteiger partial charge in [0.05, 0.1) is 0 Å². The molecule has 21 heavy (non-hydrogen) atoms. The number of halogens is 1. The van der Waals surface area contributed by atoms with Crippen LogP contribution in [0.2, 0.25) is 0 Å². The number of hydrogen-bond acceptors (Lipinski definition) is 0. The van der Waals surface area contributed by atoms with Gasteiger partial charge in [0.2, 0.25) is 0 Å². The Morgan fingerprint density at radius 3 is 1.62 bits per heavy atom. The predicted molar refractivity (Wildman–Crippen MR) is 92.3 cm³/mol. The topological polar surface area (TPSA) is 0 Å². The van der Waals surface area contributed by atoms with E-state index < -0.39 is 6.17 Å². The lowest BCUT2D eigenvalue weighted by Gasteiger charge is -2.41. The highest BCUT2D eigenvalue weighted by Gasteiger charge is 2.36. The first-order valence-electron chi connectivity index (χ1n) is 9.53. The third-order valence-electron chi connectivity index (χ3n) is 7.06. The van der Waals surface area contributed by atoms with Crippen LogP contribution in [0.5, 0.6) is 0 Å². The summed E-state index contributed by atoms with van der Waals surface area (Å²) in [6.45, 7) is 2.42. The van der Waals surface area contributed by atoms with Crippen molar-refractivity contribution in [1.29, 1.82) is 0 Å². The van der Waals surface area contributed by atoms with Crippen LogP contribution in [0.25, 0.3) is 0 Å². The predicted octanol–water partition coefficient (Wildman–Crippen LogP) is 6.00. The summed E-state index contributed by atoms with van der Waals surface area (Å²) in [5.74, 6) is 4.79. The van der Waals surface area contributed by atoms with Crippen molar-refractivity contribution in [3.8, 4) is 0 Å². The van der Waals surface area contributed by atoms with E-state index in [4.69, 9.17) is 0 Å². The van der Waals surface area contributed by atoms with Gasteiger partial charge in [0.15, 0.2) is 0 Å². The molecule has 0 saturated heterocycles. The second-order valence-corrected chi connectivity index (χ2v) is 9.30. The van der Waals surface area contributed by atoms with Gasteiger partial charge in [-0.1, -0.05) is 19.8 Å². The van der Waals surface area contributed by atoms with Gasteiger partial charge in [0.1, 0.15) is 6.17 Å². The van der Waals surface area contributed by atoms with E-state index in [1.807, 2.05) is 0 Å². The number of alkyl halides is 1. The lowest BCUT2D eigenvalue weighted by molar-refractivity contribution is 0.101. The van der Waals surface area contributed by atoms with Gasteiger partial charge >= 0.3 is 0 Å². The van der Waals surface area contributed by atoms with E-state index in [2.05, 4.69) is 16.2 Å². The summed E-state index contributed by atoms with van der Waals surface area (Å²) in [6, 6.07) is 0. The van der Waals surface area contributed by atoms with Gasteiger partial charge in [-0.15, -0.1) is 9.24 Å². The summed E-state index contributed by atoms with van der Waals surface area (Å²) in [7, 11) is 2.77. The number of hydrogen-bond donors (Lipinski definition) is 0. The average Bonchev–Trinajstić information content (AvgIpc) is 2.51. The van der Waals surface area contributed by atoms with Crippen molar-refractivity contribution in [3.63, 3.8) is 0 Å². The van der Waals surface area contributed by atoms with Crippen molar-refractivity contribution in [1.82, 2.24) is 0 Å². The van der Waals surface area contributed by atoms with Crippen LogP contribution in [0.3, 0.4) is 0 Å². The molecule has 0 aromatic carbocycles. The van der Waals surface area contributed by atoms with Gasteiger partial charge in [0.25, 0.3) is 0 Å². The lowest BCUT2D eigenvalue weighted by Crippen LogP contribution is -2.33. The van der Waals surface area contributed by atoms with Crippen LogP contribution in [-0.2, 0) is 0 Å². The normalized spacial score (nSPS) is 49.0. The van der Waals surface area contributed by atoms with Crippen molar-refractivity contribution in [2.24, 2.45) is 29.6 Å². The molecule has 4 atom stereocenters. The fraction of sp³-hybridized carbons (Fsp3) is 1.00. The summed E-state index contributed by atoms with van der Waals surface area (Å²) in [4.78, 5) is 0. The van der Waals surface area contributed by atoms with Crippen molar-refractivity contribution in [2.75, 3.05) is 0 Å². The Labute approximate surface area is 133 Å². The largest absolute Gasteiger partial charge is 0.247 e. The molecule has 0 nitrogen and oxygen atoms in total. The molecule has 0 amide bonds. The third kappa shape index (κ3) is 4.01. The van der Waals surface area contributed by atoms with Crippen LogP contribution in [-0.4, -0.2) is 11.8 Å². The highest BCUT2D eigenvalue weighted by molar-refractivity contribution is 7.17. The maximum Gasteiger partial charge on any atom is 0.106 e. The minimum absolute atomic E-state index is 0.237. The molecule has 3 aliphatic carbocycles. The van der Waals surface area contributed by atoms with Crippen molar-refractivity contribution in [3.05, 3.63) is 0 Å². The van der Waals surface area contributed by atoms with Gasteiger partial charge in [-0.3, -0.25) is 0 Å². The molecule has 3 rings (SSSR count). The molecule has 4 unspecified atom stereocenters. The Bertz CT molecular complexity index is 316. The van der Waals surface area contributed by atoms with Crippen LogP contribution in [0.15, 0.2) is 0 Å². The standard InChI is InChI=1S/C19H34FP/c1-13-2-4-14(5-3-13)15-6-8-16(9-7-15)17-10-11-18(20)19(21)12-17/h13-19H,2-12,21H2,1H3. The molecule has 0 heterocycles. The quantitative estimate of drug-likeness (QED) is 0.548. The van der Waals surface area contributed by atoms with Gasteiger partial charge in [0, 0.05) is 5.66 Å². The van der Waals surface area contributed by atoms with Crippen molar-refractivity contribution >= 4 is 9.24 Å². The molecule has 0 N–H and O–H groups in total. The maximum atomic E-state index is 13.6. The Kier molecular flexibility index (Phi) is 5.63. The van der Waals surface area contributed by atoms with Crippen molar-refractivity contribution < 1.29 is 4.39 Å². The summed E-state index contributed by atoms with van der Waals surface area (Å²) in [5, 5.41) is 0. The first-order valence-corrected chi connectivity index (χ1v) is 10.2. The van der Waals surface area contributed by atoms with Crippen molar-refractivity contribution in [2.45, 2.75) is 89.4 Å². The van der Waals surface area contributed by atoms with Crippen LogP contribution < -0.4 is 0 Å². The van der Waals surface area contributed by atoms with E-state index in [-0.39, 0.29) is 5.66 Å². The monoisotopic (exact) mass is 312 g/mol. The number of rotatable bonds is 2. The van der Waals surface area contributed by atoms with Gasteiger partial charge in [-0.25, -0.2) is 4.39 Å². The Balaban J connectivity index is 1.45. The summed E-state index contributed by atoms with van der Waals surface area (Å²) in [5.41, 5.74) is 0.237. The Hall–Kier alpha value is 0.360. The highest BCUT2D eigenvalue weighted by atomic mass is 31.0. The molecule has 0 aromatic rings. The Morgan fingerprint density at radius 2 is 1.10 bits per heavy atom. The van der Waals surface area contributed by atoms with Crippen LogP contribution in [0.4, 0.5) is 4.39 Å². The third-order valence-corrected chi connectivity index (χ3v) is 7.75. The van der Waals surface area contributed by atoms with Crippen LogP contribution >= 0.6 is 9.24 Å². The summed E-state index contributed by atoms with van der Waals surface area (Å²) >= 11 is 0. The molecule has 3 aliphatic rings. The van der Waals surface area contributed by atoms with E-state index in [1.165, 1.54) is 51.4 Å². The zero-order chi connectivity index (χ0) is 14.8. The molecule has 3 fully saturated rings. The van der Waals surface area contributed by atoms with Gasteiger partial charge in [-0.05, 0) is 87.4 Å². The van der Waals surface area contributed by atoms with Gasteiger partial charge in [-0.2, -0.15) is 0 Å². The van der Waals surface area contributed by atoms with E-state index >= 15 is 0 Å². The first kappa shape index (κ1) is 16.2. The molecule has 2 heteroatoms. The second-order valence-electron chi connectivity index (χ2n) is 8.45. The Morgan fingerprint density at radius 1 is 0.667 bits per heavy atom. The molecule has 0 aliphatic heterocycles. The molecule has 0 bridgehead atoms. The lowest BCUT2D eigenvalue weighted by atomic mass is 9.66. The summed E-state index contributed by atoms with van der Waals surface area (Å²) < 4.78 is 13.6. The fourth-order valence-electron chi connectivity index (χ4n) is 5.48. The maximum absolute atomic E-state index is 13.6. The van der Waals surface area contributed by atoms with E-state index in [0.717, 1.165) is 48.9 Å². The molecule has 0 aromatic heterocycles. The van der Waals surface area contributed by atoms with E-state index in [1.54, 1.807) is 0 Å². The average molecular weight is 312 g/mol. The molecule has 0 radical (unpaired) electrons. The van der Waals surface area contributed by atoms with Crippen LogP contribution in [0, 0.1) is 29.6 Å². The van der Waals surface area contributed by atoms with Crippen LogP contribution in [0.1, 0.15) is 77.6 Å². The molecule has 122 valence electrons. The molecular formula is C19H34FP. The minimum Gasteiger partial charge on any atom is -0.247 e. The zero-order valence-corrected chi connectivity index (χ0v) is 14.9. The SMILES string of the molecule is CC1CCC(C2CCC(C3CCC(F)C(P)C3)CC2)CC1. The summed E-state index contributed by atoms with van der Waals surface area (Å²) in [6.07, 6.45) is 14.3. The first-order chi connectivity index (χ1) is 10.1. The minimum atomic E-state index is -0.549. The van der Waals surface area contributed by atoms with Gasteiger partial charge < -0.3 is 0 Å². The second kappa shape index (κ2) is 7.29.